The Morgan fingerprint density at radius 1 is 1.12 bits per heavy atom. The number of carbonyl (C=O) groups excluding carboxylic acids is 1. The molecular formula is C17H20N2O5S. The Hall–Kier alpha value is -2.32. The molecule has 25 heavy (non-hydrogen) atoms. The number of sulfonamides is 1. The molecule has 134 valence electrons. The zero-order valence-electron chi connectivity index (χ0n) is 13.6. The second kappa shape index (κ2) is 7.28. The Bertz CT molecular complexity index is 853. The third-order valence-corrected chi connectivity index (χ3v) is 5.92. The molecule has 3 rings (SSSR count). The van der Waals surface area contributed by atoms with E-state index in [9.17, 15) is 18.3 Å². The molecule has 0 aliphatic carbocycles. The summed E-state index contributed by atoms with van der Waals surface area (Å²) in [6.45, 7) is 1.05. The van der Waals surface area contributed by atoms with Crippen LogP contribution in [0.3, 0.4) is 0 Å². The molecule has 0 saturated carbocycles. The van der Waals surface area contributed by atoms with Gasteiger partial charge in [0.25, 0.3) is 15.9 Å². The Balaban J connectivity index is 1.68. The molecule has 0 bridgehead atoms. The van der Waals surface area contributed by atoms with Crippen LogP contribution in [-0.4, -0.2) is 36.8 Å². The van der Waals surface area contributed by atoms with Crippen molar-refractivity contribution in [3.63, 3.8) is 0 Å². The molecule has 2 N–H and O–H groups in total. The fraction of sp³-hybridized carbons (Fsp3) is 0.353. The van der Waals surface area contributed by atoms with Crippen molar-refractivity contribution < 1.29 is 22.7 Å². The van der Waals surface area contributed by atoms with E-state index in [-0.39, 0.29) is 23.1 Å². The van der Waals surface area contributed by atoms with Crippen molar-refractivity contribution in [1.29, 1.82) is 0 Å². The van der Waals surface area contributed by atoms with E-state index < -0.39 is 15.9 Å². The first-order valence-corrected chi connectivity index (χ1v) is 9.57. The average molecular weight is 364 g/mol. The van der Waals surface area contributed by atoms with Crippen LogP contribution in [0.15, 0.2) is 45.9 Å². The second-order valence-electron chi connectivity index (χ2n) is 5.89. The number of rotatable bonds is 5. The maximum Gasteiger partial charge on any atom is 0.287 e. The second-order valence-corrected chi connectivity index (χ2v) is 7.76. The summed E-state index contributed by atoms with van der Waals surface area (Å²) < 4.78 is 31.7. The van der Waals surface area contributed by atoms with E-state index in [1.807, 2.05) is 0 Å². The first kappa shape index (κ1) is 17.5. The van der Waals surface area contributed by atoms with Gasteiger partial charge < -0.3 is 14.8 Å². The van der Waals surface area contributed by atoms with Crippen LogP contribution in [-0.2, 0) is 16.6 Å². The number of para-hydroxylation sites is 1. The number of hydrogen-bond donors (Lipinski definition) is 2. The van der Waals surface area contributed by atoms with Crippen LogP contribution in [0.25, 0.3) is 0 Å². The van der Waals surface area contributed by atoms with E-state index in [1.165, 1.54) is 22.5 Å². The normalized spacial score (nSPS) is 15.8. The van der Waals surface area contributed by atoms with E-state index in [2.05, 4.69) is 5.32 Å². The van der Waals surface area contributed by atoms with Gasteiger partial charge in [-0.1, -0.05) is 24.6 Å². The first-order valence-electron chi connectivity index (χ1n) is 8.13. The smallest absolute Gasteiger partial charge is 0.287 e. The third kappa shape index (κ3) is 3.85. The van der Waals surface area contributed by atoms with E-state index in [0.29, 0.717) is 18.7 Å². The van der Waals surface area contributed by atoms with Crippen LogP contribution in [0.5, 0.6) is 5.75 Å². The van der Waals surface area contributed by atoms with Crippen LogP contribution in [0.1, 0.15) is 35.4 Å². The standard InChI is InChI=1S/C17H20N2O5S/c20-14-7-3-2-6-13(14)12-18-17(21)15-8-9-16(24-15)25(22,23)19-10-4-1-5-11-19/h2-3,6-9,20H,1,4-5,10-12H2,(H,18,21). The van der Waals surface area contributed by atoms with Crippen LogP contribution >= 0.6 is 0 Å². The SMILES string of the molecule is O=C(NCc1ccccc1O)c1ccc(S(=O)(=O)N2CCCCC2)o1. The minimum Gasteiger partial charge on any atom is -0.508 e. The summed E-state index contributed by atoms with van der Waals surface area (Å²) in [6.07, 6.45) is 2.67. The van der Waals surface area contributed by atoms with Gasteiger partial charge in [-0.2, -0.15) is 4.31 Å². The lowest BCUT2D eigenvalue weighted by molar-refractivity contribution is 0.0917. The molecule has 2 heterocycles. The zero-order chi connectivity index (χ0) is 17.9. The molecule has 0 unspecified atom stereocenters. The first-order chi connectivity index (χ1) is 12.0. The Morgan fingerprint density at radius 2 is 1.84 bits per heavy atom. The molecule has 8 heteroatoms. The number of phenolic OH excluding ortho intramolecular Hbond substituents is 1. The molecular weight excluding hydrogens is 344 g/mol. The van der Waals surface area contributed by atoms with Gasteiger partial charge in [-0.05, 0) is 31.0 Å². The maximum absolute atomic E-state index is 12.5. The van der Waals surface area contributed by atoms with Gasteiger partial charge in [0.15, 0.2) is 5.76 Å². The van der Waals surface area contributed by atoms with Gasteiger partial charge in [0.1, 0.15) is 5.75 Å². The number of piperidine rings is 1. The van der Waals surface area contributed by atoms with Gasteiger partial charge in [-0.3, -0.25) is 4.79 Å². The number of nitrogens with one attached hydrogen (secondary N) is 1. The molecule has 1 aliphatic heterocycles. The van der Waals surface area contributed by atoms with Crippen molar-refractivity contribution >= 4 is 15.9 Å². The van der Waals surface area contributed by atoms with Crippen molar-refractivity contribution in [2.75, 3.05) is 13.1 Å². The largest absolute Gasteiger partial charge is 0.508 e. The predicted octanol–water partition coefficient (Wildman–Crippen LogP) is 2.09. The van der Waals surface area contributed by atoms with E-state index in [4.69, 9.17) is 4.42 Å². The third-order valence-electron chi connectivity index (χ3n) is 4.15. The number of hydrogen-bond acceptors (Lipinski definition) is 5. The van der Waals surface area contributed by atoms with E-state index >= 15 is 0 Å². The summed E-state index contributed by atoms with van der Waals surface area (Å²) in [5.74, 6) is -0.537. The van der Waals surface area contributed by atoms with Crippen molar-refractivity contribution in [2.45, 2.75) is 30.9 Å². The quantitative estimate of drug-likeness (QED) is 0.846. The van der Waals surface area contributed by atoms with Crippen molar-refractivity contribution in [3.8, 4) is 5.75 Å². The molecule has 1 amide bonds. The number of amides is 1. The molecule has 0 radical (unpaired) electrons. The molecule has 1 saturated heterocycles. The molecule has 1 aromatic heterocycles. The highest BCUT2D eigenvalue weighted by atomic mass is 32.2. The van der Waals surface area contributed by atoms with Crippen LogP contribution in [0.4, 0.5) is 0 Å². The lowest BCUT2D eigenvalue weighted by Crippen LogP contribution is -2.35. The average Bonchev–Trinajstić information content (AvgIpc) is 3.12. The predicted molar refractivity (Wildman–Crippen MR) is 90.6 cm³/mol. The van der Waals surface area contributed by atoms with Crippen LogP contribution in [0.2, 0.25) is 0 Å². The molecule has 1 aliphatic rings. The molecule has 7 nitrogen and oxygen atoms in total. The minimum atomic E-state index is -3.70. The molecule has 2 aromatic rings. The summed E-state index contributed by atoms with van der Waals surface area (Å²) in [5.41, 5.74) is 0.559. The molecule has 1 fully saturated rings. The lowest BCUT2D eigenvalue weighted by atomic mass is 10.2. The van der Waals surface area contributed by atoms with Gasteiger partial charge in [-0.25, -0.2) is 8.42 Å². The minimum absolute atomic E-state index is 0.0778. The van der Waals surface area contributed by atoms with Crippen LogP contribution in [0, 0.1) is 0 Å². The van der Waals surface area contributed by atoms with Gasteiger partial charge in [0, 0.05) is 25.2 Å². The highest BCUT2D eigenvalue weighted by Gasteiger charge is 2.29. The monoisotopic (exact) mass is 364 g/mol. The summed E-state index contributed by atoms with van der Waals surface area (Å²) in [7, 11) is -3.70. The van der Waals surface area contributed by atoms with E-state index in [0.717, 1.165) is 19.3 Å². The van der Waals surface area contributed by atoms with Crippen LogP contribution < -0.4 is 5.32 Å². The topological polar surface area (TPSA) is 99.8 Å². The summed E-state index contributed by atoms with van der Waals surface area (Å²) in [5, 5.41) is 12.1. The fourth-order valence-corrected chi connectivity index (χ4v) is 4.16. The Morgan fingerprint density at radius 3 is 2.56 bits per heavy atom. The summed E-state index contributed by atoms with van der Waals surface area (Å²) in [6, 6.07) is 9.29. The van der Waals surface area contributed by atoms with Gasteiger partial charge >= 0.3 is 0 Å². The zero-order valence-corrected chi connectivity index (χ0v) is 14.5. The number of phenols is 1. The summed E-state index contributed by atoms with van der Waals surface area (Å²) >= 11 is 0. The van der Waals surface area contributed by atoms with Gasteiger partial charge in [0.2, 0.25) is 5.09 Å². The number of nitrogens with zero attached hydrogens (tertiary/aromatic N) is 1. The van der Waals surface area contributed by atoms with Crippen molar-refractivity contribution in [3.05, 3.63) is 47.7 Å². The maximum atomic E-state index is 12.5. The number of furan rings is 1. The number of benzene rings is 1. The lowest BCUT2D eigenvalue weighted by Gasteiger charge is -2.24. The summed E-state index contributed by atoms with van der Waals surface area (Å²) in [4.78, 5) is 12.2. The van der Waals surface area contributed by atoms with Crippen molar-refractivity contribution in [2.24, 2.45) is 0 Å². The highest BCUT2D eigenvalue weighted by Crippen LogP contribution is 2.22. The molecule has 0 atom stereocenters. The Kier molecular flexibility index (Phi) is 5.10. The van der Waals surface area contributed by atoms with Gasteiger partial charge in [0.05, 0.1) is 0 Å². The van der Waals surface area contributed by atoms with Crippen molar-refractivity contribution in [1.82, 2.24) is 9.62 Å². The number of carbonyl (C=O) groups is 1. The van der Waals surface area contributed by atoms with E-state index in [1.54, 1.807) is 18.2 Å². The molecule has 1 aromatic carbocycles. The fourth-order valence-electron chi connectivity index (χ4n) is 2.74. The Labute approximate surface area is 146 Å². The highest BCUT2D eigenvalue weighted by molar-refractivity contribution is 7.89. The van der Waals surface area contributed by atoms with Gasteiger partial charge in [-0.15, -0.1) is 0 Å². The molecule has 0 spiro atoms. The number of aromatic hydroxyl groups is 1.